The molecule has 4 rings (SSSR count). The first-order valence-corrected chi connectivity index (χ1v) is 12.3. The number of hydrogen-bond acceptors (Lipinski definition) is 4. The van der Waals surface area contributed by atoms with Gasteiger partial charge in [-0.25, -0.2) is 0 Å². The highest BCUT2D eigenvalue weighted by molar-refractivity contribution is 5.97. The van der Waals surface area contributed by atoms with Gasteiger partial charge in [0.2, 0.25) is 5.91 Å². The second-order valence-electron chi connectivity index (χ2n) is 9.20. The number of ether oxygens (including phenoxy) is 1. The summed E-state index contributed by atoms with van der Waals surface area (Å²) in [5.41, 5.74) is 2.68. The zero-order valence-electron chi connectivity index (χ0n) is 20.6. The predicted molar refractivity (Wildman–Crippen MR) is 135 cm³/mol. The summed E-state index contributed by atoms with van der Waals surface area (Å²) in [6.07, 6.45) is 2.56. The van der Waals surface area contributed by atoms with Crippen LogP contribution in [0.5, 0.6) is 0 Å². The first-order valence-electron chi connectivity index (χ1n) is 12.3. The maximum atomic E-state index is 13.6. The average Bonchev–Trinajstić information content (AvgIpc) is 3.53. The fourth-order valence-corrected chi connectivity index (χ4v) is 4.46. The van der Waals surface area contributed by atoms with E-state index < -0.39 is 0 Å². The molecule has 2 heterocycles. The number of carbonyl (C=O) groups is 2. The summed E-state index contributed by atoms with van der Waals surface area (Å²) in [7, 11) is 0. The molecule has 0 spiro atoms. The van der Waals surface area contributed by atoms with Gasteiger partial charge in [-0.15, -0.1) is 0 Å². The van der Waals surface area contributed by atoms with Gasteiger partial charge in [0.05, 0.1) is 12.6 Å². The van der Waals surface area contributed by atoms with Crippen LogP contribution in [0.1, 0.15) is 45.8 Å². The maximum Gasteiger partial charge on any atom is 0.254 e. The second kappa shape index (κ2) is 11.8. The van der Waals surface area contributed by atoms with E-state index in [4.69, 9.17) is 9.15 Å². The molecule has 3 aromatic rings. The van der Waals surface area contributed by atoms with Gasteiger partial charge in [-0.3, -0.25) is 9.59 Å². The Kier molecular flexibility index (Phi) is 8.37. The molecule has 1 fully saturated rings. The Bertz CT molecular complexity index is 1120. The van der Waals surface area contributed by atoms with E-state index in [-0.39, 0.29) is 24.5 Å². The summed E-state index contributed by atoms with van der Waals surface area (Å²) in [6.45, 7) is 5.83. The van der Waals surface area contributed by atoms with Gasteiger partial charge >= 0.3 is 0 Å². The minimum Gasteiger partial charge on any atom is -0.464 e. The number of aryl methyl sites for hydroxylation is 2. The van der Waals surface area contributed by atoms with Crippen LogP contribution < -0.4 is 0 Å². The van der Waals surface area contributed by atoms with Crippen LogP contribution in [0, 0.1) is 13.8 Å². The van der Waals surface area contributed by atoms with Crippen LogP contribution in [0.15, 0.2) is 71.1 Å². The first kappa shape index (κ1) is 24.7. The van der Waals surface area contributed by atoms with Gasteiger partial charge in [-0.1, -0.05) is 48.5 Å². The summed E-state index contributed by atoms with van der Waals surface area (Å²) in [4.78, 5) is 30.6. The second-order valence-corrected chi connectivity index (χ2v) is 9.20. The molecule has 1 atom stereocenters. The van der Waals surface area contributed by atoms with Crippen molar-refractivity contribution in [1.29, 1.82) is 0 Å². The third-order valence-electron chi connectivity index (χ3n) is 6.45. The normalized spacial score (nSPS) is 15.2. The van der Waals surface area contributed by atoms with E-state index in [1.54, 1.807) is 9.80 Å². The van der Waals surface area contributed by atoms with Gasteiger partial charge in [0.1, 0.15) is 18.1 Å². The van der Waals surface area contributed by atoms with Crippen molar-refractivity contribution in [3.63, 3.8) is 0 Å². The SMILES string of the molecule is Cc1ccc(CN(CCc2ccccc2)C(=O)CN(CC2CCCO2)C(=O)c2ccccc2C)o1. The van der Waals surface area contributed by atoms with Gasteiger partial charge in [0, 0.05) is 25.3 Å². The number of furan rings is 1. The topological polar surface area (TPSA) is 63.0 Å². The minimum atomic E-state index is -0.135. The third-order valence-corrected chi connectivity index (χ3v) is 6.45. The van der Waals surface area contributed by atoms with Crippen molar-refractivity contribution >= 4 is 11.8 Å². The first-order chi connectivity index (χ1) is 17.0. The molecule has 0 N–H and O–H groups in total. The standard InChI is InChI=1S/C29H34N2O4/c1-22-9-6-7-13-27(22)29(33)31(19-25-12-8-18-34-25)21-28(32)30(20-26-15-14-23(2)35-26)17-16-24-10-4-3-5-11-24/h3-7,9-11,13-15,25H,8,12,16-21H2,1-2H3. The Morgan fingerprint density at radius 1 is 0.943 bits per heavy atom. The van der Waals surface area contributed by atoms with Gasteiger partial charge in [-0.05, 0) is 62.4 Å². The largest absolute Gasteiger partial charge is 0.464 e. The molecule has 184 valence electrons. The molecule has 1 saturated heterocycles. The number of rotatable bonds is 10. The van der Waals surface area contributed by atoms with E-state index in [1.807, 2.05) is 68.4 Å². The Balaban J connectivity index is 1.52. The number of nitrogens with zero attached hydrogens (tertiary/aromatic N) is 2. The molecule has 0 radical (unpaired) electrons. The summed E-state index contributed by atoms with van der Waals surface area (Å²) in [5, 5.41) is 0. The highest BCUT2D eigenvalue weighted by Gasteiger charge is 2.28. The molecule has 1 aliphatic heterocycles. The molecule has 0 saturated carbocycles. The Labute approximate surface area is 207 Å². The molecular formula is C29H34N2O4. The van der Waals surface area contributed by atoms with E-state index in [0.29, 0.717) is 31.8 Å². The van der Waals surface area contributed by atoms with Crippen molar-refractivity contribution in [3.05, 3.63) is 94.9 Å². The third kappa shape index (κ3) is 6.83. The lowest BCUT2D eigenvalue weighted by Crippen LogP contribution is -2.46. The lowest BCUT2D eigenvalue weighted by Gasteiger charge is -2.29. The summed E-state index contributed by atoms with van der Waals surface area (Å²) in [6, 6.07) is 21.4. The summed E-state index contributed by atoms with van der Waals surface area (Å²) in [5.74, 6) is 1.31. The van der Waals surface area contributed by atoms with Crippen molar-refractivity contribution in [2.45, 2.75) is 45.8 Å². The maximum absolute atomic E-state index is 13.6. The predicted octanol–water partition coefficient (Wildman–Crippen LogP) is 4.79. The highest BCUT2D eigenvalue weighted by atomic mass is 16.5. The lowest BCUT2D eigenvalue weighted by atomic mass is 10.1. The number of carbonyl (C=O) groups excluding carboxylic acids is 2. The molecule has 1 aliphatic rings. The molecule has 35 heavy (non-hydrogen) atoms. The molecule has 6 heteroatoms. The number of amides is 2. The molecule has 6 nitrogen and oxygen atoms in total. The van der Waals surface area contributed by atoms with E-state index in [0.717, 1.165) is 41.9 Å². The summed E-state index contributed by atoms with van der Waals surface area (Å²) >= 11 is 0. The van der Waals surface area contributed by atoms with E-state index >= 15 is 0 Å². The Morgan fingerprint density at radius 2 is 1.71 bits per heavy atom. The number of benzene rings is 2. The minimum absolute atomic E-state index is 0.00150. The van der Waals surface area contributed by atoms with Crippen molar-refractivity contribution < 1.29 is 18.7 Å². The van der Waals surface area contributed by atoms with Crippen LogP contribution in [0.2, 0.25) is 0 Å². The molecule has 1 unspecified atom stereocenters. The Hall–Kier alpha value is -3.38. The molecular weight excluding hydrogens is 440 g/mol. The zero-order chi connectivity index (χ0) is 24.6. The van der Waals surface area contributed by atoms with Crippen LogP contribution in [0.3, 0.4) is 0 Å². The highest BCUT2D eigenvalue weighted by Crippen LogP contribution is 2.18. The van der Waals surface area contributed by atoms with E-state index in [1.165, 1.54) is 0 Å². The molecule has 0 bridgehead atoms. The van der Waals surface area contributed by atoms with Crippen LogP contribution in [0.25, 0.3) is 0 Å². The van der Waals surface area contributed by atoms with Crippen LogP contribution in [-0.4, -0.2) is 54.0 Å². The fraction of sp³-hybridized carbons (Fsp3) is 0.379. The van der Waals surface area contributed by atoms with Crippen LogP contribution in [-0.2, 0) is 22.5 Å². The molecule has 2 aromatic carbocycles. The van der Waals surface area contributed by atoms with Crippen molar-refractivity contribution in [2.24, 2.45) is 0 Å². The molecule has 1 aromatic heterocycles. The van der Waals surface area contributed by atoms with Gasteiger partial charge in [0.25, 0.3) is 5.91 Å². The van der Waals surface area contributed by atoms with Crippen LogP contribution in [0.4, 0.5) is 0 Å². The fourth-order valence-electron chi connectivity index (χ4n) is 4.46. The summed E-state index contributed by atoms with van der Waals surface area (Å²) < 4.78 is 11.6. The molecule has 2 amide bonds. The molecule has 0 aliphatic carbocycles. The quantitative estimate of drug-likeness (QED) is 0.424. The van der Waals surface area contributed by atoms with E-state index in [2.05, 4.69) is 12.1 Å². The van der Waals surface area contributed by atoms with Crippen molar-refractivity contribution in [1.82, 2.24) is 9.80 Å². The number of hydrogen-bond donors (Lipinski definition) is 0. The van der Waals surface area contributed by atoms with Crippen molar-refractivity contribution in [3.8, 4) is 0 Å². The lowest BCUT2D eigenvalue weighted by molar-refractivity contribution is -0.133. The monoisotopic (exact) mass is 474 g/mol. The van der Waals surface area contributed by atoms with Gasteiger partial charge < -0.3 is 19.0 Å². The zero-order valence-corrected chi connectivity index (χ0v) is 20.6. The average molecular weight is 475 g/mol. The van der Waals surface area contributed by atoms with Crippen molar-refractivity contribution in [2.75, 3.05) is 26.2 Å². The van der Waals surface area contributed by atoms with Gasteiger partial charge in [-0.2, -0.15) is 0 Å². The Morgan fingerprint density at radius 3 is 2.40 bits per heavy atom. The van der Waals surface area contributed by atoms with E-state index in [9.17, 15) is 9.59 Å². The van der Waals surface area contributed by atoms with Gasteiger partial charge in [0.15, 0.2) is 0 Å². The smallest absolute Gasteiger partial charge is 0.254 e. The van der Waals surface area contributed by atoms with Crippen LogP contribution >= 0.6 is 0 Å².